The number of anilines is 1. The summed E-state index contributed by atoms with van der Waals surface area (Å²) in [5.41, 5.74) is 2.08. The van der Waals surface area contributed by atoms with Gasteiger partial charge in [-0.1, -0.05) is 37.3 Å². The van der Waals surface area contributed by atoms with Gasteiger partial charge in [-0.25, -0.2) is 0 Å². The van der Waals surface area contributed by atoms with Crippen LogP contribution in [0, 0.1) is 0 Å². The molecule has 1 unspecified atom stereocenters. The number of carbonyl (C=O) groups is 3. The van der Waals surface area contributed by atoms with Crippen LogP contribution in [0.15, 0.2) is 54.6 Å². The molecular formula is C21H25N3O3. The highest BCUT2D eigenvalue weighted by molar-refractivity contribution is 6.04. The molecule has 0 fully saturated rings. The Bertz CT molecular complexity index is 790. The second-order valence-electron chi connectivity index (χ2n) is 6.26. The molecule has 6 heteroatoms. The first kappa shape index (κ1) is 20.2. The zero-order valence-electron chi connectivity index (χ0n) is 15.6. The van der Waals surface area contributed by atoms with Crippen LogP contribution in [0.3, 0.4) is 0 Å². The van der Waals surface area contributed by atoms with Crippen LogP contribution in [0.5, 0.6) is 0 Å². The van der Waals surface area contributed by atoms with Crippen molar-refractivity contribution in [1.29, 1.82) is 0 Å². The van der Waals surface area contributed by atoms with E-state index < -0.39 is 0 Å². The summed E-state index contributed by atoms with van der Waals surface area (Å²) in [4.78, 5) is 35.7. The monoisotopic (exact) mass is 367 g/mol. The first-order valence-electron chi connectivity index (χ1n) is 9.02. The van der Waals surface area contributed by atoms with Crippen LogP contribution in [0.25, 0.3) is 0 Å². The fourth-order valence-corrected chi connectivity index (χ4v) is 2.55. The van der Waals surface area contributed by atoms with E-state index in [1.807, 2.05) is 50.2 Å². The highest BCUT2D eigenvalue weighted by Crippen LogP contribution is 2.18. The third-order valence-electron chi connectivity index (χ3n) is 3.98. The average Bonchev–Trinajstić information content (AvgIpc) is 2.67. The van der Waals surface area contributed by atoms with Gasteiger partial charge in [0.15, 0.2) is 0 Å². The quantitative estimate of drug-likeness (QED) is 0.670. The van der Waals surface area contributed by atoms with Gasteiger partial charge in [0.25, 0.3) is 5.91 Å². The van der Waals surface area contributed by atoms with E-state index in [9.17, 15) is 14.4 Å². The number of benzene rings is 2. The highest BCUT2D eigenvalue weighted by Gasteiger charge is 2.12. The lowest BCUT2D eigenvalue weighted by molar-refractivity contribution is -0.126. The fraction of sp³-hybridized carbons (Fsp3) is 0.286. The summed E-state index contributed by atoms with van der Waals surface area (Å²) in [5.74, 6) is -0.584. The van der Waals surface area contributed by atoms with Crippen LogP contribution in [0.1, 0.15) is 48.7 Å². The van der Waals surface area contributed by atoms with Gasteiger partial charge in [-0.15, -0.1) is 0 Å². The Morgan fingerprint density at radius 2 is 1.70 bits per heavy atom. The summed E-state index contributed by atoms with van der Waals surface area (Å²) >= 11 is 0. The van der Waals surface area contributed by atoms with Crippen molar-refractivity contribution in [3.8, 4) is 0 Å². The van der Waals surface area contributed by atoms with Gasteiger partial charge in [-0.2, -0.15) is 0 Å². The predicted molar refractivity (Wildman–Crippen MR) is 105 cm³/mol. The standard InChI is InChI=1S/C21H25N3O3/c1-3-8-19(25)22-14-20(26)23-15(2)17-11-7-12-18(13-17)24-21(27)16-9-5-4-6-10-16/h4-7,9-13,15H,3,8,14H2,1-2H3,(H,22,25)(H,23,26)(H,24,27). The van der Waals surface area contributed by atoms with Crippen LogP contribution >= 0.6 is 0 Å². The molecule has 2 aromatic rings. The minimum Gasteiger partial charge on any atom is -0.348 e. The van der Waals surface area contributed by atoms with Crippen LogP contribution in [-0.2, 0) is 9.59 Å². The van der Waals surface area contributed by atoms with Crippen molar-refractivity contribution in [1.82, 2.24) is 10.6 Å². The molecule has 0 aliphatic rings. The Morgan fingerprint density at radius 1 is 0.963 bits per heavy atom. The van der Waals surface area contributed by atoms with Gasteiger partial charge in [-0.05, 0) is 43.2 Å². The maximum atomic E-state index is 12.3. The van der Waals surface area contributed by atoms with Gasteiger partial charge in [0.2, 0.25) is 11.8 Å². The SMILES string of the molecule is CCCC(=O)NCC(=O)NC(C)c1cccc(NC(=O)c2ccccc2)c1. The van der Waals surface area contributed by atoms with Crippen molar-refractivity contribution in [2.75, 3.05) is 11.9 Å². The Balaban J connectivity index is 1.92. The third-order valence-corrected chi connectivity index (χ3v) is 3.98. The normalized spacial score (nSPS) is 11.3. The fourth-order valence-electron chi connectivity index (χ4n) is 2.55. The second kappa shape index (κ2) is 10.1. The molecule has 0 radical (unpaired) electrons. The third kappa shape index (κ3) is 6.58. The van der Waals surface area contributed by atoms with Gasteiger partial charge < -0.3 is 16.0 Å². The van der Waals surface area contributed by atoms with Crippen molar-refractivity contribution in [2.24, 2.45) is 0 Å². The van der Waals surface area contributed by atoms with E-state index in [1.54, 1.807) is 18.2 Å². The van der Waals surface area contributed by atoms with Gasteiger partial charge in [-0.3, -0.25) is 14.4 Å². The molecule has 1 atom stereocenters. The lowest BCUT2D eigenvalue weighted by Crippen LogP contribution is -2.37. The number of hydrogen-bond acceptors (Lipinski definition) is 3. The first-order valence-corrected chi connectivity index (χ1v) is 9.02. The van der Waals surface area contributed by atoms with E-state index >= 15 is 0 Å². The zero-order chi connectivity index (χ0) is 19.6. The van der Waals surface area contributed by atoms with Crippen LogP contribution in [0.2, 0.25) is 0 Å². The lowest BCUT2D eigenvalue weighted by Gasteiger charge is -2.16. The van der Waals surface area contributed by atoms with Crippen LogP contribution < -0.4 is 16.0 Å². The summed E-state index contributed by atoms with van der Waals surface area (Å²) in [7, 11) is 0. The molecule has 2 rings (SSSR count). The summed E-state index contributed by atoms with van der Waals surface area (Å²) in [6.45, 7) is 3.71. The first-order chi connectivity index (χ1) is 13.0. The molecule has 0 bridgehead atoms. The number of carbonyl (C=O) groups excluding carboxylic acids is 3. The molecule has 0 heterocycles. The number of hydrogen-bond donors (Lipinski definition) is 3. The molecule has 2 aromatic carbocycles. The maximum Gasteiger partial charge on any atom is 0.255 e. The molecular weight excluding hydrogens is 342 g/mol. The molecule has 0 saturated carbocycles. The predicted octanol–water partition coefficient (Wildman–Crippen LogP) is 3.03. The molecule has 142 valence electrons. The summed E-state index contributed by atoms with van der Waals surface area (Å²) in [6, 6.07) is 16.0. The average molecular weight is 367 g/mol. The van der Waals surface area contributed by atoms with E-state index in [4.69, 9.17) is 0 Å². The van der Waals surface area contributed by atoms with Crippen molar-refractivity contribution in [3.63, 3.8) is 0 Å². The summed E-state index contributed by atoms with van der Waals surface area (Å²) < 4.78 is 0. The number of amides is 3. The van der Waals surface area contributed by atoms with Crippen molar-refractivity contribution in [3.05, 3.63) is 65.7 Å². The van der Waals surface area contributed by atoms with Crippen LogP contribution in [0.4, 0.5) is 5.69 Å². The Hall–Kier alpha value is -3.15. The molecule has 0 spiro atoms. The highest BCUT2D eigenvalue weighted by atomic mass is 16.2. The molecule has 0 aromatic heterocycles. The van der Waals surface area contributed by atoms with E-state index in [-0.39, 0.29) is 30.3 Å². The van der Waals surface area contributed by atoms with E-state index in [0.717, 1.165) is 12.0 Å². The number of nitrogens with one attached hydrogen (secondary N) is 3. The topological polar surface area (TPSA) is 87.3 Å². The van der Waals surface area contributed by atoms with Gasteiger partial charge in [0.05, 0.1) is 12.6 Å². The van der Waals surface area contributed by atoms with Crippen molar-refractivity contribution in [2.45, 2.75) is 32.7 Å². The van der Waals surface area contributed by atoms with Crippen LogP contribution in [-0.4, -0.2) is 24.3 Å². The summed E-state index contributed by atoms with van der Waals surface area (Å²) in [5, 5.41) is 8.28. The second-order valence-corrected chi connectivity index (χ2v) is 6.26. The molecule has 27 heavy (non-hydrogen) atoms. The van der Waals surface area contributed by atoms with E-state index in [1.165, 1.54) is 0 Å². The van der Waals surface area contributed by atoms with E-state index in [2.05, 4.69) is 16.0 Å². The minimum absolute atomic E-state index is 0.0480. The van der Waals surface area contributed by atoms with Crippen molar-refractivity contribution < 1.29 is 14.4 Å². The van der Waals surface area contributed by atoms with E-state index in [0.29, 0.717) is 17.7 Å². The number of rotatable bonds is 8. The van der Waals surface area contributed by atoms with Crippen molar-refractivity contribution >= 4 is 23.4 Å². The largest absolute Gasteiger partial charge is 0.348 e. The lowest BCUT2D eigenvalue weighted by atomic mass is 10.1. The smallest absolute Gasteiger partial charge is 0.255 e. The minimum atomic E-state index is -0.259. The molecule has 6 nitrogen and oxygen atoms in total. The Kier molecular flexibility index (Phi) is 7.55. The molecule has 3 N–H and O–H groups in total. The molecule has 3 amide bonds. The zero-order valence-corrected chi connectivity index (χ0v) is 15.6. The Morgan fingerprint density at radius 3 is 2.41 bits per heavy atom. The molecule has 0 aliphatic carbocycles. The summed E-state index contributed by atoms with van der Waals surface area (Å²) in [6.07, 6.45) is 1.15. The van der Waals surface area contributed by atoms with Gasteiger partial charge in [0.1, 0.15) is 0 Å². The molecule has 0 aliphatic heterocycles. The maximum absolute atomic E-state index is 12.3. The van der Waals surface area contributed by atoms with Gasteiger partial charge >= 0.3 is 0 Å². The Labute approximate surface area is 159 Å². The van der Waals surface area contributed by atoms with Gasteiger partial charge in [0, 0.05) is 17.7 Å². The molecule has 0 saturated heterocycles.